The van der Waals surface area contributed by atoms with Gasteiger partial charge in [-0.3, -0.25) is 14.6 Å². The third-order valence-corrected chi connectivity index (χ3v) is 8.72. The van der Waals surface area contributed by atoms with Crippen LogP contribution in [0.2, 0.25) is 15.1 Å². The van der Waals surface area contributed by atoms with Crippen LogP contribution in [0, 0.1) is 5.82 Å². The zero-order valence-corrected chi connectivity index (χ0v) is 28.0. The molecule has 3 aromatic rings. The average molecular weight is 693 g/mol. The Kier molecular flexibility index (Phi) is 10.4. The van der Waals surface area contributed by atoms with Crippen molar-refractivity contribution in [3.05, 3.63) is 69.1 Å². The number of rotatable bonds is 9. The maximum Gasteiger partial charge on any atom is 0.330 e. The van der Waals surface area contributed by atoms with E-state index in [-0.39, 0.29) is 56.7 Å². The molecule has 15 heteroatoms. The summed E-state index contributed by atoms with van der Waals surface area (Å²) in [5.74, 6) is 0.508. The smallest absolute Gasteiger partial charge is 0.330 e. The zero-order valence-electron chi connectivity index (χ0n) is 25.7. The maximum absolute atomic E-state index is 14.5. The van der Waals surface area contributed by atoms with E-state index >= 15 is 0 Å². The number of amides is 3. The fourth-order valence-corrected chi connectivity index (χ4v) is 6.25. The first-order valence-electron chi connectivity index (χ1n) is 14.4. The molecule has 11 nitrogen and oxygen atoms in total. The minimum absolute atomic E-state index is 0.0527. The van der Waals surface area contributed by atoms with Crippen LogP contribution < -0.4 is 24.6 Å². The number of likely N-dealkylation sites (N-methyl/N-ethyl adjacent to an activating group) is 1. The molecule has 0 saturated carbocycles. The molecule has 1 fully saturated rings. The Hall–Kier alpha value is -3.84. The summed E-state index contributed by atoms with van der Waals surface area (Å²) < 4.78 is 24.7. The average Bonchev–Trinajstić information content (AvgIpc) is 3.03. The number of benzene rings is 2. The van der Waals surface area contributed by atoms with E-state index in [0.29, 0.717) is 49.5 Å². The van der Waals surface area contributed by atoms with Crippen LogP contribution in [0.1, 0.15) is 18.4 Å². The largest absolute Gasteiger partial charge is 0.495 e. The van der Waals surface area contributed by atoms with Crippen molar-refractivity contribution in [2.75, 3.05) is 63.1 Å². The Bertz CT molecular complexity index is 1640. The first kappa shape index (κ1) is 33.5. The first-order valence-corrected chi connectivity index (χ1v) is 15.5. The first-order chi connectivity index (χ1) is 22.0. The molecule has 2 aliphatic rings. The van der Waals surface area contributed by atoms with Gasteiger partial charge >= 0.3 is 6.03 Å². The zero-order chi connectivity index (χ0) is 33.1. The van der Waals surface area contributed by atoms with Gasteiger partial charge in [-0.15, -0.1) is 0 Å². The van der Waals surface area contributed by atoms with Crippen LogP contribution >= 0.6 is 34.8 Å². The Balaban J connectivity index is 1.51. The van der Waals surface area contributed by atoms with Gasteiger partial charge < -0.3 is 24.6 Å². The van der Waals surface area contributed by atoms with Crippen molar-refractivity contribution in [2.45, 2.75) is 25.4 Å². The second-order valence-electron chi connectivity index (χ2n) is 11.0. The lowest BCUT2D eigenvalue weighted by molar-refractivity contribution is -0.127. The third-order valence-electron chi connectivity index (χ3n) is 7.70. The van der Waals surface area contributed by atoms with Crippen LogP contribution in [0.3, 0.4) is 0 Å². The monoisotopic (exact) mass is 691 g/mol. The van der Waals surface area contributed by atoms with Gasteiger partial charge in [0.25, 0.3) is 0 Å². The standard InChI is InChI=1S/C31H33Cl3FN7O4/c1-39(2)11-5-6-25(43)40-12-9-20(10-13-40)42-29-18(16-36-30(38-29)37-19-7-8-22(35)21(32)14-19)17-41(31(42)44)28-26(33)23(45-3)15-24(46-4)27(28)34/h5-8,14-16,20H,9-13,17H2,1-4H3,(H,36,37,38). The Morgan fingerprint density at radius 1 is 1.11 bits per heavy atom. The van der Waals surface area contributed by atoms with Crippen LogP contribution in [0.15, 0.2) is 42.6 Å². The molecule has 1 N–H and O–H groups in total. The number of piperidine rings is 1. The predicted molar refractivity (Wildman–Crippen MR) is 178 cm³/mol. The van der Waals surface area contributed by atoms with Gasteiger partial charge in [-0.05, 0) is 45.1 Å². The van der Waals surface area contributed by atoms with Crippen LogP contribution in [0.25, 0.3) is 0 Å². The third kappa shape index (κ3) is 6.95. The molecule has 1 saturated heterocycles. The van der Waals surface area contributed by atoms with E-state index in [1.807, 2.05) is 25.1 Å². The molecule has 0 radical (unpaired) electrons. The number of anilines is 4. The molecule has 46 heavy (non-hydrogen) atoms. The number of hydrogen-bond acceptors (Lipinski definition) is 8. The van der Waals surface area contributed by atoms with Crippen molar-refractivity contribution >= 4 is 69.9 Å². The number of urea groups is 1. The van der Waals surface area contributed by atoms with Gasteiger partial charge in [0.05, 0.1) is 31.5 Å². The highest BCUT2D eigenvalue weighted by molar-refractivity contribution is 6.42. The summed E-state index contributed by atoms with van der Waals surface area (Å²) in [5, 5.41) is 3.26. The SMILES string of the molecule is COc1cc(OC)c(Cl)c(N2Cc3cnc(Nc4ccc(F)c(Cl)c4)nc3N(C3CCN(C(=O)C=CCN(C)C)CC3)C2=O)c1Cl. The highest BCUT2D eigenvalue weighted by atomic mass is 35.5. The number of likely N-dealkylation sites (tertiary alicyclic amines) is 1. The van der Waals surface area contributed by atoms with Gasteiger partial charge in [0.2, 0.25) is 11.9 Å². The topological polar surface area (TPSA) is 103 Å². The molecule has 5 rings (SSSR count). The molecular weight excluding hydrogens is 660 g/mol. The van der Waals surface area contributed by atoms with E-state index in [4.69, 9.17) is 49.3 Å². The summed E-state index contributed by atoms with van der Waals surface area (Å²) in [6, 6.07) is 4.97. The number of hydrogen-bond donors (Lipinski definition) is 1. The molecule has 0 spiro atoms. The predicted octanol–water partition coefficient (Wildman–Crippen LogP) is 6.39. The number of ether oxygens (including phenoxy) is 2. The molecular formula is C31H33Cl3FN7O4. The number of nitrogens with zero attached hydrogens (tertiary/aromatic N) is 6. The highest BCUT2D eigenvalue weighted by Crippen LogP contribution is 2.48. The lowest BCUT2D eigenvalue weighted by atomic mass is 10.0. The number of fused-ring (bicyclic) bond motifs is 1. The second-order valence-corrected chi connectivity index (χ2v) is 12.2. The second kappa shape index (κ2) is 14.3. The number of carbonyl (C=O) groups is 2. The number of aromatic nitrogens is 2. The maximum atomic E-state index is 14.5. The molecule has 3 heterocycles. The highest BCUT2D eigenvalue weighted by Gasteiger charge is 2.41. The van der Waals surface area contributed by atoms with E-state index in [1.165, 1.54) is 37.3 Å². The summed E-state index contributed by atoms with van der Waals surface area (Å²) in [7, 11) is 6.77. The molecule has 2 aromatic carbocycles. The van der Waals surface area contributed by atoms with E-state index in [1.54, 1.807) is 28.1 Å². The van der Waals surface area contributed by atoms with E-state index in [9.17, 15) is 14.0 Å². The molecule has 244 valence electrons. The van der Waals surface area contributed by atoms with Crippen LogP contribution in [0.5, 0.6) is 11.5 Å². The molecule has 0 bridgehead atoms. The lowest BCUT2D eigenvalue weighted by Crippen LogP contribution is -2.55. The van der Waals surface area contributed by atoms with E-state index in [2.05, 4.69) is 10.3 Å². The van der Waals surface area contributed by atoms with Gasteiger partial charge in [-0.25, -0.2) is 14.2 Å². The van der Waals surface area contributed by atoms with Gasteiger partial charge in [0, 0.05) is 55.3 Å². The lowest BCUT2D eigenvalue weighted by Gasteiger charge is -2.43. The van der Waals surface area contributed by atoms with E-state index in [0.717, 1.165) is 0 Å². The van der Waals surface area contributed by atoms with Crippen molar-refractivity contribution in [1.82, 2.24) is 19.8 Å². The van der Waals surface area contributed by atoms with Crippen LogP contribution in [0.4, 0.5) is 32.3 Å². The molecule has 3 amide bonds. The fraction of sp³-hybridized carbons (Fsp3) is 0.355. The van der Waals surface area contributed by atoms with Crippen LogP contribution in [-0.4, -0.2) is 85.7 Å². The quantitative estimate of drug-likeness (QED) is 0.258. The molecule has 0 unspecified atom stereocenters. The summed E-state index contributed by atoms with van der Waals surface area (Å²) in [6.45, 7) is 1.58. The molecule has 0 atom stereocenters. The normalized spacial score (nSPS) is 15.5. The van der Waals surface area contributed by atoms with E-state index < -0.39 is 11.8 Å². The Labute approximate surface area is 281 Å². The Morgan fingerprint density at radius 2 is 1.78 bits per heavy atom. The van der Waals surface area contributed by atoms with Crippen molar-refractivity contribution in [3.8, 4) is 11.5 Å². The molecule has 0 aliphatic carbocycles. The van der Waals surface area contributed by atoms with Crippen molar-refractivity contribution in [1.29, 1.82) is 0 Å². The van der Waals surface area contributed by atoms with Gasteiger partial charge in [-0.1, -0.05) is 40.9 Å². The number of nitrogens with one attached hydrogen (secondary N) is 1. The van der Waals surface area contributed by atoms with Gasteiger partial charge in [0.15, 0.2) is 0 Å². The fourth-order valence-electron chi connectivity index (χ4n) is 5.37. The van der Waals surface area contributed by atoms with Crippen molar-refractivity contribution in [3.63, 3.8) is 0 Å². The Morgan fingerprint density at radius 3 is 2.39 bits per heavy atom. The van der Waals surface area contributed by atoms with Gasteiger partial charge in [0.1, 0.15) is 33.2 Å². The summed E-state index contributed by atoms with van der Waals surface area (Å²) >= 11 is 19.5. The number of halogens is 4. The summed E-state index contributed by atoms with van der Waals surface area (Å²) in [4.78, 5) is 43.3. The van der Waals surface area contributed by atoms with Gasteiger partial charge in [-0.2, -0.15) is 4.98 Å². The van der Waals surface area contributed by atoms with Crippen molar-refractivity contribution < 1.29 is 23.5 Å². The number of carbonyl (C=O) groups excluding carboxylic acids is 2. The molecule has 1 aromatic heterocycles. The summed E-state index contributed by atoms with van der Waals surface area (Å²) in [5.41, 5.74) is 1.32. The summed E-state index contributed by atoms with van der Waals surface area (Å²) in [6.07, 6.45) is 6.00. The minimum Gasteiger partial charge on any atom is -0.495 e. The minimum atomic E-state index is -0.556. The van der Waals surface area contributed by atoms with Crippen molar-refractivity contribution in [2.24, 2.45) is 0 Å². The number of methoxy groups -OCH3 is 2. The van der Waals surface area contributed by atoms with Crippen LogP contribution in [-0.2, 0) is 11.3 Å². The molecule has 2 aliphatic heterocycles.